The molecular weight excluding hydrogens is 244 g/mol. The number of aromatic nitrogens is 2. The highest BCUT2D eigenvalue weighted by Gasteiger charge is 2.24. The number of nitrogens with one attached hydrogen (secondary N) is 2. The molecule has 2 N–H and O–H groups in total. The highest BCUT2D eigenvalue weighted by Crippen LogP contribution is 2.19. The van der Waals surface area contributed by atoms with E-state index in [0.29, 0.717) is 17.6 Å². The molecule has 2 heterocycles. The second kappa shape index (κ2) is 5.52. The molecule has 102 valence electrons. The van der Waals surface area contributed by atoms with Crippen LogP contribution in [0, 0.1) is 0 Å². The average Bonchev–Trinajstić information content (AvgIpc) is 3.09. The molecule has 1 aliphatic heterocycles. The van der Waals surface area contributed by atoms with Gasteiger partial charge in [0.2, 0.25) is 0 Å². The molecule has 6 heteroatoms. The zero-order chi connectivity index (χ0) is 13.1. The van der Waals surface area contributed by atoms with Gasteiger partial charge in [0.1, 0.15) is 5.82 Å². The summed E-state index contributed by atoms with van der Waals surface area (Å²) in [6.07, 6.45) is 4.61. The quantitative estimate of drug-likeness (QED) is 0.826. The summed E-state index contributed by atoms with van der Waals surface area (Å²) in [4.78, 5) is 11.7. The van der Waals surface area contributed by atoms with Gasteiger partial charge in [0.25, 0.3) is 5.91 Å². The molecule has 1 saturated heterocycles. The predicted molar refractivity (Wildman–Crippen MR) is 70.0 cm³/mol. The molecule has 2 aliphatic rings. The van der Waals surface area contributed by atoms with E-state index < -0.39 is 0 Å². The second-order valence-corrected chi connectivity index (χ2v) is 5.07. The van der Waals surface area contributed by atoms with E-state index in [-0.39, 0.29) is 12.0 Å². The number of amides is 1. The molecule has 1 unspecified atom stereocenters. The van der Waals surface area contributed by atoms with Gasteiger partial charge < -0.3 is 15.4 Å². The van der Waals surface area contributed by atoms with Crippen molar-refractivity contribution in [2.24, 2.45) is 0 Å². The topological polar surface area (TPSA) is 76.1 Å². The lowest BCUT2D eigenvalue weighted by atomic mass is 10.2. The van der Waals surface area contributed by atoms with Crippen molar-refractivity contribution in [2.45, 2.75) is 37.8 Å². The maximum Gasteiger partial charge on any atom is 0.272 e. The van der Waals surface area contributed by atoms with Crippen molar-refractivity contribution in [3.8, 4) is 0 Å². The zero-order valence-corrected chi connectivity index (χ0v) is 10.8. The summed E-state index contributed by atoms with van der Waals surface area (Å²) < 4.78 is 5.51. The monoisotopic (exact) mass is 262 g/mol. The summed E-state index contributed by atoms with van der Waals surface area (Å²) in [6, 6.07) is 3.82. The minimum atomic E-state index is -0.138. The van der Waals surface area contributed by atoms with E-state index in [4.69, 9.17) is 4.74 Å². The first-order valence-electron chi connectivity index (χ1n) is 6.81. The molecule has 6 nitrogen and oxygen atoms in total. The fourth-order valence-corrected chi connectivity index (χ4v) is 2.06. The Morgan fingerprint density at radius 2 is 2.21 bits per heavy atom. The Kier molecular flexibility index (Phi) is 3.59. The van der Waals surface area contributed by atoms with Crippen LogP contribution < -0.4 is 10.6 Å². The van der Waals surface area contributed by atoms with Gasteiger partial charge in [0.05, 0.1) is 6.10 Å². The van der Waals surface area contributed by atoms with Crippen LogP contribution in [0.4, 0.5) is 5.82 Å². The SMILES string of the molecule is O=C(NC1CC1)c1ccc(NCC2CCCO2)nn1. The van der Waals surface area contributed by atoms with Gasteiger partial charge in [-0.3, -0.25) is 4.79 Å². The highest BCUT2D eigenvalue weighted by atomic mass is 16.5. The Morgan fingerprint density at radius 3 is 2.84 bits per heavy atom. The molecule has 1 saturated carbocycles. The first-order chi connectivity index (χ1) is 9.31. The molecule has 19 heavy (non-hydrogen) atoms. The fourth-order valence-electron chi connectivity index (χ4n) is 2.06. The smallest absolute Gasteiger partial charge is 0.272 e. The van der Waals surface area contributed by atoms with Gasteiger partial charge in [-0.1, -0.05) is 0 Å². The maximum atomic E-state index is 11.7. The van der Waals surface area contributed by atoms with Crippen LogP contribution in [0.1, 0.15) is 36.2 Å². The van der Waals surface area contributed by atoms with Crippen LogP contribution in [0.3, 0.4) is 0 Å². The van der Waals surface area contributed by atoms with Gasteiger partial charge in [-0.15, -0.1) is 10.2 Å². The minimum Gasteiger partial charge on any atom is -0.376 e. The first kappa shape index (κ1) is 12.3. The molecule has 1 aromatic rings. The van der Waals surface area contributed by atoms with Gasteiger partial charge >= 0.3 is 0 Å². The Labute approximate surface area is 111 Å². The number of carbonyl (C=O) groups is 1. The standard InChI is InChI=1S/C13H18N4O2/c18-13(15-9-3-4-9)11-5-6-12(17-16-11)14-8-10-2-1-7-19-10/h5-6,9-10H,1-4,7-8H2,(H,14,17)(H,15,18). The van der Waals surface area contributed by atoms with Crippen LogP contribution in [-0.4, -0.2) is 41.4 Å². The molecule has 3 rings (SSSR count). The molecule has 2 fully saturated rings. The van der Waals surface area contributed by atoms with E-state index >= 15 is 0 Å². The summed E-state index contributed by atoms with van der Waals surface area (Å²) in [5, 5.41) is 14.0. The Bertz CT molecular complexity index is 438. The van der Waals surface area contributed by atoms with E-state index in [0.717, 1.165) is 38.8 Å². The van der Waals surface area contributed by atoms with Gasteiger partial charge in [0, 0.05) is 19.2 Å². The lowest BCUT2D eigenvalue weighted by Gasteiger charge is -2.10. The van der Waals surface area contributed by atoms with Crippen molar-refractivity contribution >= 4 is 11.7 Å². The summed E-state index contributed by atoms with van der Waals surface area (Å²) >= 11 is 0. The normalized spacial score (nSPS) is 22.2. The minimum absolute atomic E-state index is 0.138. The number of hydrogen-bond donors (Lipinski definition) is 2. The van der Waals surface area contributed by atoms with Crippen molar-refractivity contribution in [1.82, 2.24) is 15.5 Å². The number of carbonyl (C=O) groups excluding carboxylic acids is 1. The van der Waals surface area contributed by atoms with Crippen molar-refractivity contribution < 1.29 is 9.53 Å². The van der Waals surface area contributed by atoms with E-state index in [2.05, 4.69) is 20.8 Å². The van der Waals surface area contributed by atoms with Gasteiger partial charge in [-0.25, -0.2) is 0 Å². The molecule has 0 radical (unpaired) electrons. The third-order valence-electron chi connectivity index (χ3n) is 3.34. The molecule has 0 spiro atoms. The van der Waals surface area contributed by atoms with Crippen molar-refractivity contribution in [3.63, 3.8) is 0 Å². The number of hydrogen-bond acceptors (Lipinski definition) is 5. The largest absolute Gasteiger partial charge is 0.376 e. The Hall–Kier alpha value is -1.69. The predicted octanol–water partition coefficient (Wildman–Crippen LogP) is 0.960. The molecule has 1 amide bonds. The summed E-state index contributed by atoms with van der Waals surface area (Å²) in [5.41, 5.74) is 0.370. The van der Waals surface area contributed by atoms with Gasteiger partial charge in [-0.2, -0.15) is 0 Å². The Morgan fingerprint density at radius 1 is 1.32 bits per heavy atom. The Balaban J connectivity index is 1.51. The van der Waals surface area contributed by atoms with Crippen LogP contribution in [0.25, 0.3) is 0 Å². The number of ether oxygens (including phenoxy) is 1. The summed E-state index contributed by atoms with van der Waals surface area (Å²) in [6.45, 7) is 1.58. The molecular formula is C13H18N4O2. The summed E-state index contributed by atoms with van der Waals surface area (Å²) in [5.74, 6) is 0.541. The third kappa shape index (κ3) is 3.41. The van der Waals surface area contributed by atoms with Crippen LogP contribution in [0.5, 0.6) is 0 Å². The van der Waals surface area contributed by atoms with E-state index in [1.807, 2.05) is 0 Å². The molecule has 1 aliphatic carbocycles. The summed E-state index contributed by atoms with van der Waals surface area (Å²) in [7, 11) is 0. The maximum absolute atomic E-state index is 11.7. The van der Waals surface area contributed by atoms with Crippen LogP contribution in [-0.2, 0) is 4.74 Å². The molecule has 0 bridgehead atoms. The highest BCUT2D eigenvalue weighted by molar-refractivity contribution is 5.92. The number of rotatable bonds is 5. The number of nitrogens with zero attached hydrogens (tertiary/aromatic N) is 2. The van der Waals surface area contributed by atoms with Gasteiger partial charge in [-0.05, 0) is 37.8 Å². The first-order valence-corrected chi connectivity index (χ1v) is 6.81. The zero-order valence-electron chi connectivity index (χ0n) is 10.8. The van der Waals surface area contributed by atoms with E-state index in [9.17, 15) is 4.79 Å². The van der Waals surface area contributed by atoms with E-state index in [1.165, 1.54) is 0 Å². The van der Waals surface area contributed by atoms with Crippen LogP contribution in [0.2, 0.25) is 0 Å². The molecule has 1 aromatic heterocycles. The van der Waals surface area contributed by atoms with Crippen molar-refractivity contribution in [2.75, 3.05) is 18.5 Å². The van der Waals surface area contributed by atoms with Crippen molar-refractivity contribution in [3.05, 3.63) is 17.8 Å². The molecule has 0 aromatic carbocycles. The average molecular weight is 262 g/mol. The van der Waals surface area contributed by atoms with Crippen LogP contribution in [0.15, 0.2) is 12.1 Å². The van der Waals surface area contributed by atoms with Crippen molar-refractivity contribution in [1.29, 1.82) is 0 Å². The fraction of sp³-hybridized carbons (Fsp3) is 0.615. The lowest BCUT2D eigenvalue weighted by molar-refractivity contribution is 0.0945. The lowest BCUT2D eigenvalue weighted by Crippen LogP contribution is -2.26. The third-order valence-corrected chi connectivity index (χ3v) is 3.34. The van der Waals surface area contributed by atoms with Gasteiger partial charge in [0.15, 0.2) is 5.69 Å². The number of anilines is 1. The molecule has 1 atom stereocenters. The van der Waals surface area contributed by atoms with E-state index in [1.54, 1.807) is 12.1 Å². The van der Waals surface area contributed by atoms with Crippen LogP contribution >= 0.6 is 0 Å². The second-order valence-electron chi connectivity index (χ2n) is 5.07.